The summed E-state index contributed by atoms with van der Waals surface area (Å²) in [6.07, 6.45) is 0. The fourth-order valence-corrected chi connectivity index (χ4v) is 3.67. The third-order valence-electron chi connectivity index (χ3n) is 3.48. The highest BCUT2D eigenvalue weighted by Crippen LogP contribution is 2.32. The summed E-state index contributed by atoms with van der Waals surface area (Å²) in [5.41, 5.74) is 1.06. The smallest absolute Gasteiger partial charge is 0.186 e. The maximum absolute atomic E-state index is 9.43. The van der Waals surface area contributed by atoms with Crippen molar-refractivity contribution in [2.75, 3.05) is 31.6 Å². The Hall–Kier alpha value is -0.650. The van der Waals surface area contributed by atoms with Crippen molar-refractivity contribution in [1.82, 2.24) is 9.88 Å². The molecule has 1 unspecified atom stereocenters. The normalized spacial score (nSPS) is 21.9. The Kier molecular flexibility index (Phi) is 4.25. The van der Waals surface area contributed by atoms with Gasteiger partial charge in [-0.2, -0.15) is 0 Å². The van der Waals surface area contributed by atoms with E-state index in [2.05, 4.69) is 37.6 Å². The Morgan fingerprint density at radius 1 is 1.44 bits per heavy atom. The molecule has 102 valence electrons. The van der Waals surface area contributed by atoms with E-state index < -0.39 is 0 Å². The Bertz CT molecular complexity index is 405. The summed E-state index contributed by atoms with van der Waals surface area (Å²) in [7, 11) is 2.16. The number of thiazole rings is 1. The van der Waals surface area contributed by atoms with E-state index in [9.17, 15) is 5.11 Å². The van der Waals surface area contributed by atoms with Gasteiger partial charge in [-0.25, -0.2) is 4.98 Å². The van der Waals surface area contributed by atoms with Crippen LogP contribution >= 0.6 is 11.3 Å². The van der Waals surface area contributed by atoms with E-state index in [0.717, 1.165) is 35.3 Å². The number of hydrogen-bond acceptors (Lipinski definition) is 5. The fraction of sp³-hybridized carbons (Fsp3) is 0.769. The van der Waals surface area contributed by atoms with E-state index in [1.54, 1.807) is 11.3 Å². The molecule has 0 radical (unpaired) electrons. The van der Waals surface area contributed by atoms with E-state index in [1.165, 1.54) is 0 Å². The standard InChI is InChI=1S/C13H23N3OS/c1-9(2)12-11(8-17)18-13(14-12)16-6-5-15(4)7-10(16)3/h9-10,17H,5-8H2,1-4H3. The van der Waals surface area contributed by atoms with Crippen molar-refractivity contribution >= 4 is 16.5 Å². The van der Waals surface area contributed by atoms with Crippen LogP contribution in [-0.2, 0) is 6.61 Å². The van der Waals surface area contributed by atoms with Crippen LogP contribution in [0.25, 0.3) is 0 Å². The number of piperazine rings is 1. The number of aliphatic hydroxyl groups is 1. The predicted molar refractivity (Wildman–Crippen MR) is 76.4 cm³/mol. The van der Waals surface area contributed by atoms with E-state index in [0.29, 0.717) is 12.0 Å². The number of aliphatic hydroxyl groups excluding tert-OH is 1. The minimum absolute atomic E-state index is 0.104. The van der Waals surface area contributed by atoms with Gasteiger partial charge in [-0.3, -0.25) is 0 Å². The average Bonchev–Trinajstić information content (AvgIpc) is 2.73. The third kappa shape index (κ3) is 2.68. The molecule has 1 aliphatic heterocycles. The molecule has 18 heavy (non-hydrogen) atoms. The second-order valence-electron chi connectivity index (χ2n) is 5.42. The van der Waals surface area contributed by atoms with Crippen molar-refractivity contribution in [1.29, 1.82) is 0 Å². The summed E-state index contributed by atoms with van der Waals surface area (Å²) < 4.78 is 0. The van der Waals surface area contributed by atoms with Crippen molar-refractivity contribution in [3.63, 3.8) is 0 Å². The van der Waals surface area contributed by atoms with Crippen molar-refractivity contribution < 1.29 is 5.11 Å². The van der Waals surface area contributed by atoms with Crippen LogP contribution in [-0.4, -0.2) is 47.7 Å². The van der Waals surface area contributed by atoms with E-state index in [-0.39, 0.29) is 6.61 Å². The van der Waals surface area contributed by atoms with Crippen LogP contribution in [0.15, 0.2) is 0 Å². The Labute approximate surface area is 113 Å². The molecule has 4 nitrogen and oxygen atoms in total. The molecule has 1 aliphatic rings. The molecule has 1 aromatic heterocycles. The van der Waals surface area contributed by atoms with Gasteiger partial charge in [-0.05, 0) is 19.9 Å². The molecule has 1 atom stereocenters. The van der Waals surface area contributed by atoms with Crippen molar-refractivity contribution in [2.24, 2.45) is 0 Å². The lowest BCUT2D eigenvalue weighted by Gasteiger charge is -2.38. The predicted octanol–water partition coefficient (Wildman–Crippen LogP) is 1.90. The van der Waals surface area contributed by atoms with Crippen molar-refractivity contribution in [3.8, 4) is 0 Å². The first-order chi connectivity index (χ1) is 8.52. The van der Waals surface area contributed by atoms with Crippen LogP contribution in [0.5, 0.6) is 0 Å². The van der Waals surface area contributed by atoms with E-state index in [4.69, 9.17) is 4.98 Å². The van der Waals surface area contributed by atoms with Crippen LogP contribution in [0, 0.1) is 0 Å². The number of likely N-dealkylation sites (N-methyl/N-ethyl adjacent to an activating group) is 1. The first-order valence-corrected chi connectivity index (χ1v) is 7.40. The summed E-state index contributed by atoms with van der Waals surface area (Å²) in [6, 6.07) is 0.487. The number of hydrogen-bond donors (Lipinski definition) is 1. The molecule has 0 aliphatic carbocycles. The van der Waals surface area contributed by atoms with Crippen LogP contribution in [0.1, 0.15) is 37.3 Å². The molecular formula is C13H23N3OS. The topological polar surface area (TPSA) is 39.6 Å². The maximum atomic E-state index is 9.43. The number of rotatable bonds is 3. The van der Waals surface area contributed by atoms with Crippen LogP contribution in [0.4, 0.5) is 5.13 Å². The van der Waals surface area contributed by atoms with Gasteiger partial charge in [0.05, 0.1) is 17.2 Å². The zero-order valence-corrected chi connectivity index (χ0v) is 12.5. The highest BCUT2D eigenvalue weighted by atomic mass is 32.1. The maximum Gasteiger partial charge on any atom is 0.186 e. The summed E-state index contributed by atoms with van der Waals surface area (Å²) in [5, 5.41) is 10.5. The highest BCUT2D eigenvalue weighted by molar-refractivity contribution is 7.15. The zero-order chi connectivity index (χ0) is 13.3. The van der Waals surface area contributed by atoms with E-state index in [1.807, 2.05) is 0 Å². The van der Waals surface area contributed by atoms with Crippen LogP contribution < -0.4 is 4.90 Å². The van der Waals surface area contributed by atoms with Crippen LogP contribution in [0.2, 0.25) is 0 Å². The SMILES string of the molecule is CC(C)c1nc(N2CCN(C)CC2C)sc1CO. The number of aromatic nitrogens is 1. The van der Waals surface area contributed by atoms with Gasteiger partial charge < -0.3 is 14.9 Å². The lowest BCUT2D eigenvalue weighted by molar-refractivity contribution is 0.275. The van der Waals surface area contributed by atoms with Crippen molar-refractivity contribution in [3.05, 3.63) is 10.6 Å². The van der Waals surface area contributed by atoms with Gasteiger partial charge in [0, 0.05) is 25.7 Å². The van der Waals surface area contributed by atoms with Gasteiger partial charge >= 0.3 is 0 Å². The summed E-state index contributed by atoms with van der Waals surface area (Å²) in [4.78, 5) is 10.5. The summed E-state index contributed by atoms with van der Waals surface area (Å²) in [6.45, 7) is 9.78. The first kappa shape index (κ1) is 13.8. The number of anilines is 1. The molecule has 2 rings (SSSR count). The van der Waals surface area contributed by atoms with Gasteiger partial charge in [0.15, 0.2) is 5.13 Å². The monoisotopic (exact) mass is 269 g/mol. The largest absolute Gasteiger partial charge is 0.391 e. The number of nitrogens with zero attached hydrogens (tertiary/aromatic N) is 3. The van der Waals surface area contributed by atoms with Gasteiger partial charge in [-0.1, -0.05) is 25.2 Å². The van der Waals surface area contributed by atoms with Gasteiger partial charge in [0.25, 0.3) is 0 Å². The molecular weight excluding hydrogens is 246 g/mol. The molecule has 1 saturated heterocycles. The molecule has 5 heteroatoms. The van der Waals surface area contributed by atoms with E-state index >= 15 is 0 Å². The molecule has 0 spiro atoms. The summed E-state index contributed by atoms with van der Waals surface area (Å²) >= 11 is 1.65. The second-order valence-corrected chi connectivity index (χ2v) is 6.48. The average molecular weight is 269 g/mol. The molecule has 2 heterocycles. The van der Waals surface area contributed by atoms with Gasteiger partial charge in [-0.15, -0.1) is 0 Å². The summed E-state index contributed by atoms with van der Waals surface area (Å²) in [5.74, 6) is 0.375. The van der Waals surface area contributed by atoms with Crippen LogP contribution in [0.3, 0.4) is 0 Å². The molecule has 0 amide bonds. The Balaban J connectivity index is 2.23. The lowest BCUT2D eigenvalue weighted by Crippen LogP contribution is -2.50. The molecule has 0 saturated carbocycles. The fourth-order valence-electron chi connectivity index (χ4n) is 2.46. The van der Waals surface area contributed by atoms with Crippen molar-refractivity contribution in [2.45, 2.75) is 39.3 Å². The molecule has 1 fully saturated rings. The molecule has 1 aromatic rings. The highest BCUT2D eigenvalue weighted by Gasteiger charge is 2.25. The lowest BCUT2D eigenvalue weighted by atomic mass is 10.1. The zero-order valence-electron chi connectivity index (χ0n) is 11.7. The second kappa shape index (κ2) is 5.55. The van der Waals surface area contributed by atoms with Gasteiger partial charge in [0.2, 0.25) is 0 Å². The quantitative estimate of drug-likeness (QED) is 0.910. The third-order valence-corrected chi connectivity index (χ3v) is 4.58. The van der Waals surface area contributed by atoms with Gasteiger partial charge in [0.1, 0.15) is 0 Å². The minimum atomic E-state index is 0.104. The first-order valence-electron chi connectivity index (χ1n) is 6.58. The molecule has 1 N–H and O–H groups in total. The molecule has 0 aromatic carbocycles. The minimum Gasteiger partial charge on any atom is -0.391 e. The Morgan fingerprint density at radius 3 is 2.67 bits per heavy atom. The molecule has 0 bridgehead atoms. The Morgan fingerprint density at radius 2 is 2.17 bits per heavy atom.